The highest BCUT2D eigenvalue weighted by molar-refractivity contribution is 8.15. The Labute approximate surface area is 212 Å². The lowest BCUT2D eigenvalue weighted by molar-refractivity contribution is -0.121. The molecule has 7 nitrogen and oxygen atoms in total. The third-order valence-electron chi connectivity index (χ3n) is 5.94. The monoisotopic (exact) mass is 502 g/mol. The van der Waals surface area contributed by atoms with Crippen molar-refractivity contribution in [2.75, 3.05) is 12.4 Å². The number of halogens is 1. The molecule has 2 amide bonds. The second-order valence-electron chi connectivity index (χ2n) is 8.35. The summed E-state index contributed by atoms with van der Waals surface area (Å²) >= 11 is 1.23. The van der Waals surface area contributed by atoms with Gasteiger partial charge in [0.1, 0.15) is 16.8 Å². The van der Waals surface area contributed by atoms with Gasteiger partial charge in [0, 0.05) is 18.5 Å². The van der Waals surface area contributed by atoms with Gasteiger partial charge in [-0.25, -0.2) is 9.40 Å². The number of hydrogen-bond donors (Lipinski definition) is 1. The van der Waals surface area contributed by atoms with E-state index < -0.39 is 5.25 Å². The Morgan fingerprint density at radius 3 is 2.50 bits per heavy atom. The Morgan fingerprint density at radius 2 is 1.81 bits per heavy atom. The Hall–Kier alpha value is -3.98. The molecular formula is C27H23FN4O3S. The van der Waals surface area contributed by atoms with Crippen LogP contribution in [0.2, 0.25) is 0 Å². The molecule has 0 radical (unpaired) electrons. The van der Waals surface area contributed by atoms with Gasteiger partial charge in [-0.15, -0.1) is 0 Å². The maximum absolute atomic E-state index is 13.5. The summed E-state index contributed by atoms with van der Waals surface area (Å²) in [5.74, 6) is -0.210. The van der Waals surface area contributed by atoms with E-state index >= 15 is 0 Å². The first-order valence-electron chi connectivity index (χ1n) is 11.4. The fourth-order valence-electron chi connectivity index (χ4n) is 4.10. The van der Waals surface area contributed by atoms with Gasteiger partial charge in [-0.1, -0.05) is 54.2 Å². The van der Waals surface area contributed by atoms with E-state index in [0.717, 1.165) is 22.6 Å². The average Bonchev–Trinajstić information content (AvgIpc) is 3.49. The zero-order valence-corrected chi connectivity index (χ0v) is 20.2. The van der Waals surface area contributed by atoms with Gasteiger partial charge >= 0.3 is 0 Å². The molecule has 0 bridgehead atoms. The first-order valence-corrected chi connectivity index (χ1v) is 12.3. The summed E-state index contributed by atoms with van der Waals surface area (Å²) in [7, 11) is 1.61. The number of nitrogens with zero attached hydrogens (tertiary/aromatic N) is 3. The van der Waals surface area contributed by atoms with Crippen LogP contribution < -0.4 is 10.1 Å². The molecule has 36 heavy (non-hydrogen) atoms. The van der Waals surface area contributed by atoms with Crippen molar-refractivity contribution in [1.82, 2.24) is 5.01 Å². The van der Waals surface area contributed by atoms with E-state index in [1.54, 1.807) is 36.4 Å². The van der Waals surface area contributed by atoms with Gasteiger partial charge in [-0.2, -0.15) is 10.1 Å². The maximum atomic E-state index is 13.5. The number of carbonyl (C=O) groups excluding carboxylic acids is 2. The number of amides is 2. The Morgan fingerprint density at radius 1 is 1.08 bits per heavy atom. The first kappa shape index (κ1) is 23.7. The number of rotatable bonds is 6. The molecule has 9 heteroatoms. The number of carbonyl (C=O) groups is 2. The highest BCUT2D eigenvalue weighted by Crippen LogP contribution is 2.39. The van der Waals surface area contributed by atoms with Crippen LogP contribution in [-0.2, 0) is 9.59 Å². The van der Waals surface area contributed by atoms with E-state index in [1.165, 1.54) is 23.9 Å². The second kappa shape index (κ2) is 10.3. The molecule has 0 aromatic heterocycles. The van der Waals surface area contributed by atoms with Gasteiger partial charge in [0.15, 0.2) is 5.17 Å². The smallest absolute Gasteiger partial charge is 0.262 e. The number of methoxy groups -OCH3 is 1. The number of hydrazone groups is 1. The lowest BCUT2D eigenvalue weighted by atomic mass is 9.98. The predicted molar refractivity (Wildman–Crippen MR) is 139 cm³/mol. The summed E-state index contributed by atoms with van der Waals surface area (Å²) < 4.78 is 18.8. The van der Waals surface area contributed by atoms with Crippen LogP contribution >= 0.6 is 11.8 Å². The van der Waals surface area contributed by atoms with E-state index in [1.807, 2.05) is 42.5 Å². The van der Waals surface area contributed by atoms with Crippen molar-refractivity contribution in [2.24, 2.45) is 10.1 Å². The molecule has 2 heterocycles. The highest BCUT2D eigenvalue weighted by Gasteiger charge is 2.39. The predicted octanol–water partition coefficient (Wildman–Crippen LogP) is 5.01. The fraction of sp³-hybridized carbons (Fsp3) is 0.185. The second-order valence-corrected chi connectivity index (χ2v) is 9.52. The lowest BCUT2D eigenvalue weighted by Crippen LogP contribution is -2.25. The van der Waals surface area contributed by atoms with Crippen LogP contribution in [0.5, 0.6) is 5.75 Å². The molecule has 5 rings (SSSR count). The fourth-order valence-corrected chi connectivity index (χ4v) is 5.16. The van der Waals surface area contributed by atoms with E-state index in [2.05, 4.69) is 10.3 Å². The largest absolute Gasteiger partial charge is 0.497 e. The zero-order chi connectivity index (χ0) is 25.1. The van der Waals surface area contributed by atoms with Gasteiger partial charge in [0.05, 0.1) is 18.9 Å². The summed E-state index contributed by atoms with van der Waals surface area (Å²) in [4.78, 5) is 29.5. The Kier molecular flexibility index (Phi) is 6.81. The molecule has 0 unspecified atom stereocenters. The average molecular weight is 503 g/mol. The van der Waals surface area contributed by atoms with E-state index in [-0.39, 0.29) is 30.1 Å². The molecule has 2 aliphatic rings. The summed E-state index contributed by atoms with van der Waals surface area (Å²) in [6.45, 7) is 0. The normalized spacial score (nSPS) is 19.2. The molecule has 3 aromatic rings. The number of benzene rings is 3. The van der Waals surface area contributed by atoms with Crippen molar-refractivity contribution in [1.29, 1.82) is 0 Å². The van der Waals surface area contributed by atoms with Crippen LogP contribution in [0.3, 0.4) is 0 Å². The molecule has 0 saturated heterocycles. The van der Waals surface area contributed by atoms with Crippen LogP contribution in [-0.4, -0.2) is 40.1 Å². The highest BCUT2D eigenvalue weighted by atomic mass is 32.2. The van der Waals surface area contributed by atoms with E-state index in [4.69, 9.17) is 9.84 Å². The van der Waals surface area contributed by atoms with Crippen molar-refractivity contribution >= 4 is 40.1 Å². The van der Waals surface area contributed by atoms with Gasteiger partial charge in [-0.05, 0) is 47.5 Å². The minimum absolute atomic E-state index is 0.000963. The number of nitrogens with one attached hydrogen (secondary N) is 1. The molecule has 0 spiro atoms. The lowest BCUT2D eigenvalue weighted by Gasteiger charge is -2.23. The summed E-state index contributed by atoms with van der Waals surface area (Å²) in [6, 6.07) is 22.7. The molecule has 1 N–H and O–H groups in total. The van der Waals surface area contributed by atoms with Gasteiger partial charge in [0.2, 0.25) is 5.91 Å². The number of anilines is 1. The van der Waals surface area contributed by atoms with Crippen LogP contribution in [0.15, 0.2) is 89.0 Å². The molecule has 0 saturated carbocycles. The minimum Gasteiger partial charge on any atom is -0.497 e. The van der Waals surface area contributed by atoms with Crippen LogP contribution in [0.25, 0.3) is 0 Å². The maximum Gasteiger partial charge on any atom is 0.262 e. The number of para-hydroxylation sites is 1. The first-order chi connectivity index (χ1) is 17.5. The van der Waals surface area contributed by atoms with Gasteiger partial charge in [0.25, 0.3) is 5.91 Å². The summed E-state index contributed by atoms with van der Waals surface area (Å²) in [5, 5.41) is 9.13. The van der Waals surface area contributed by atoms with Gasteiger partial charge in [-0.3, -0.25) is 9.59 Å². The molecule has 3 aromatic carbocycles. The molecule has 0 aliphatic carbocycles. The third-order valence-corrected chi connectivity index (χ3v) is 7.08. The molecule has 2 atom stereocenters. The van der Waals surface area contributed by atoms with Crippen LogP contribution in [0.1, 0.15) is 30.0 Å². The van der Waals surface area contributed by atoms with Crippen molar-refractivity contribution in [3.63, 3.8) is 0 Å². The standard InChI is InChI=1S/C27H23FN4O3S/c1-35-21-13-9-18(10-14-21)23-15-22(17-7-11-19(28)12-8-17)31-32(23)27-30-26(34)24(36-27)16-25(33)29-20-5-3-2-4-6-20/h2-14,23-24H,15-16H2,1H3,(H,29,33)/t23-,24-/m0/s1. The van der Waals surface area contributed by atoms with Crippen molar-refractivity contribution < 1.29 is 18.7 Å². The van der Waals surface area contributed by atoms with Crippen molar-refractivity contribution in [2.45, 2.75) is 24.1 Å². The van der Waals surface area contributed by atoms with Crippen LogP contribution in [0.4, 0.5) is 10.1 Å². The number of hydrogen-bond acceptors (Lipinski definition) is 6. The topological polar surface area (TPSA) is 83.4 Å². The SMILES string of the molecule is COc1ccc([C@@H]2CC(c3ccc(F)cc3)=NN2C2=NC(=O)[C@H](CC(=O)Nc3ccccc3)S2)cc1. The summed E-state index contributed by atoms with van der Waals surface area (Å²) in [5.41, 5.74) is 3.20. The van der Waals surface area contributed by atoms with Crippen molar-refractivity contribution in [3.8, 4) is 5.75 Å². The number of amidine groups is 1. The van der Waals surface area contributed by atoms with Crippen LogP contribution in [0, 0.1) is 5.82 Å². The summed E-state index contributed by atoms with van der Waals surface area (Å²) in [6.07, 6.45) is 0.547. The molecule has 182 valence electrons. The third kappa shape index (κ3) is 5.16. The van der Waals surface area contributed by atoms with Crippen molar-refractivity contribution in [3.05, 3.63) is 95.8 Å². The van der Waals surface area contributed by atoms with E-state index in [0.29, 0.717) is 17.3 Å². The zero-order valence-electron chi connectivity index (χ0n) is 19.4. The molecular weight excluding hydrogens is 479 g/mol. The quantitative estimate of drug-likeness (QED) is 0.512. The minimum atomic E-state index is -0.634. The number of thioether (sulfide) groups is 1. The molecule has 0 fully saturated rings. The Bertz CT molecular complexity index is 1330. The van der Waals surface area contributed by atoms with Gasteiger partial charge < -0.3 is 10.1 Å². The van der Waals surface area contributed by atoms with E-state index in [9.17, 15) is 14.0 Å². The Balaban J connectivity index is 1.36. The molecule has 2 aliphatic heterocycles. The number of aliphatic imine (C=N–C) groups is 1. The number of ether oxygens (including phenoxy) is 1.